The van der Waals surface area contributed by atoms with Crippen LogP contribution in [0.5, 0.6) is 0 Å². The Labute approximate surface area is 204 Å². The maximum absolute atomic E-state index is 15.4. The van der Waals surface area contributed by atoms with Crippen LogP contribution in [0.2, 0.25) is 5.28 Å². The topological polar surface area (TPSA) is 114 Å². The average molecular weight is 500 g/mol. The molecule has 2 atom stereocenters. The maximum atomic E-state index is 15.4. The molecule has 1 saturated heterocycles. The van der Waals surface area contributed by atoms with Gasteiger partial charge < -0.3 is 9.80 Å². The zero-order chi connectivity index (χ0) is 24.7. The molecule has 0 radical (unpaired) electrons. The second kappa shape index (κ2) is 12.5. The van der Waals surface area contributed by atoms with Gasteiger partial charge in [0.25, 0.3) is 0 Å². The summed E-state index contributed by atoms with van der Waals surface area (Å²) in [7, 11) is 3.94. The molecule has 10 nitrogen and oxygen atoms in total. The summed E-state index contributed by atoms with van der Waals surface area (Å²) in [6, 6.07) is 0.0846. The van der Waals surface area contributed by atoms with Crippen LogP contribution in [0.15, 0.2) is 0 Å². The predicted octanol–water partition coefficient (Wildman–Crippen LogP) is 2.68. The number of likely N-dealkylation sites (N-methyl/N-ethyl adjacent to an activating group) is 1. The van der Waals surface area contributed by atoms with Gasteiger partial charge in [-0.1, -0.05) is 25.7 Å². The number of aromatic nitrogens is 2. The van der Waals surface area contributed by atoms with Crippen molar-refractivity contribution in [3.8, 4) is 0 Å². The molecule has 1 aliphatic heterocycles. The Kier molecular flexibility index (Phi) is 9.66. The first-order chi connectivity index (χ1) is 16.3. The third kappa shape index (κ3) is 7.13. The van der Waals surface area contributed by atoms with Crippen LogP contribution >= 0.6 is 11.6 Å². The Balaban J connectivity index is 1.73. The van der Waals surface area contributed by atoms with E-state index in [1.807, 2.05) is 19.0 Å². The maximum Gasteiger partial charge on any atom is 0.243 e. The normalized spacial score (nSPS) is 19.8. The number of hydrazine groups is 1. The molecular formula is C22H35ClFN7O3. The minimum Gasteiger partial charge on any atom is -0.350 e. The van der Waals surface area contributed by atoms with Crippen LogP contribution in [0.4, 0.5) is 16.0 Å². The highest BCUT2D eigenvalue weighted by Crippen LogP contribution is 2.31. The van der Waals surface area contributed by atoms with Crippen LogP contribution in [0.1, 0.15) is 51.4 Å². The molecule has 0 bridgehead atoms. The van der Waals surface area contributed by atoms with Crippen LogP contribution in [-0.4, -0.2) is 77.2 Å². The number of hydroxylamine groups is 2. The van der Waals surface area contributed by atoms with Crippen molar-refractivity contribution in [3.05, 3.63) is 11.1 Å². The lowest BCUT2D eigenvalue weighted by atomic mass is 9.92. The number of carbonyl (C=O) groups is 2. The Morgan fingerprint density at radius 2 is 1.97 bits per heavy atom. The van der Waals surface area contributed by atoms with Gasteiger partial charge in [-0.05, 0) is 57.3 Å². The molecule has 34 heavy (non-hydrogen) atoms. The van der Waals surface area contributed by atoms with E-state index in [2.05, 4.69) is 25.7 Å². The number of carbonyl (C=O) groups excluding carboxylic acids is 2. The van der Waals surface area contributed by atoms with Gasteiger partial charge in [0.15, 0.2) is 11.6 Å². The number of hydrogen-bond acceptors (Lipinski definition) is 8. The summed E-state index contributed by atoms with van der Waals surface area (Å²) in [6.07, 6.45) is 7.90. The van der Waals surface area contributed by atoms with Crippen LogP contribution < -0.4 is 15.8 Å². The molecule has 1 aliphatic carbocycles. The van der Waals surface area contributed by atoms with Crippen LogP contribution in [0.25, 0.3) is 0 Å². The third-order valence-electron chi connectivity index (χ3n) is 6.58. The van der Waals surface area contributed by atoms with Crippen molar-refractivity contribution in [2.24, 2.45) is 11.8 Å². The van der Waals surface area contributed by atoms with Crippen molar-refractivity contribution in [1.82, 2.24) is 25.4 Å². The fraction of sp³-hybridized carbons (Fsp3) is 0.727. The van der Waals surface area contributed by atoms with Gasteiger partial charge in [-0.3, -0.25) is 25.6 Å². The summed E-state index contributed by atoms with van der Waals surface area (Å²) in [5.41, 5.74) is 5.04. The molecule has 0 spiro atoms. The standard InChI is InChI=1S/C22H35ClFN7O3/c1-29(2)13-17-9-5-6-10-31(17)20-18(24)19(25-22(23)26-20)27-28-21(33)16(12-30(34)14-32)11-15-7-3-4-8-15/h14-17,34H,3-13H2,1-2H3,(H,28,33)(H,25,26,27)/t16-,17?/m1/s1. The molecular weight excluding hydrogens is 465 g/mol. The molecule has 12 heteroatoms. The van der Waals surface area contributed by atoms with Crippen molar-refractivity contribution in [2.45, 2.75) is 57.4 Å². The quantitative estimate of drug-likeness (QED) is 0.184. The number of piperidine rings is 1. The molecule has 1 saturated carbocycles. The van der Waals surface area contributed by atoms with Gasteiger partial charge in [-0.25, -0.2) is 5.06 Å². The van der Waals surface area contributed by atoms with E-state index in [1.54, 1.807) is 0 Å². The molecule has 2 heterocycles. The molecule has 2 fully saturated rings. The number of nitrogens with zero attached hydrogens (tertiary/aromatic N) is 5. The Morgan fingerprint density at radius 3 is 2.65 bits per heavy atom. The van der Waals surface area contributed by atoms with Crippen molar-refractivity contribution < 1.29 is 19.2 Å². The molecule has 2 aliphatic rings. The molecule has 2 amide bonds. The summed E-state index contributed by atoms with van der Waals surface area (Å²) in [6.45, 7) is 1.25. The number of halogens is 2. The fourth-order valence-corrected chi connectivity index (χ4v) is 5.14. The summed E-state index contributed by atoms with van der Waals surface area (Å²) in [5.74, 6) is -1.59. The molecule has 3 N–H and O–H groups in total. The molecule has 1 aromatic heterocycles. The Bertz CT molecular complexity index is 841. The second-order valence-electron chi connectivity index (χ2n) is 9.51. The lowest BCUT2D eigenvalue weighted by molar-refractivity contribution is -0.154. The predicted molar refractivity (Wildman–Crippen MR) is 127 cm³/mol. The van der Waals surface area contributed by atoms with Gasteiger partial charge in [0.05, 0.1) is 12.5 Å². The molecule has 0 aromatic carbocycles. The second-order valence-corrected chi connectivity index (χ2v) is 9.85. The number of hydrogen-bond donors (Lipinski definition) is 3. The Morgan fingerprint density at radius 1 is 1.26 bits per heavy atom. The van der Waals surface area contributed by atoms with E-state index in [9.17, 15) is 14.8 Å². The summed E-state index contributed by atoms with van der Waals surface area (Å²) in [5, 5.41) is 9.97. The van der Waals surface area contributed by atoms with Crippen LogP contribution in [0.3, 0.4) is 0 Å². The first kappa shape index (κ1) is 26.4. The van der Waals surface area contributed by atoms with Crippen molar-refractivity contribution in [2.75, 3.05) is 44.1 Å². The number of amides is 2. The van der Waals surface area contributed by atoms with E-state index in [0.29, 0.717) is 23.9 Å². The van der Waals surface area contributed by atoms with E-state index in [1.165, 1.54) is 0 Å². The average Bonchev–Trinajstić information content (AvgIpc) is 3.32. The zero-order valence-electron chi connectivity index (χ0n) is 19.8. The lowest BCUT2D eigenvalue weighted by Crippen LogP contribution is -2.46. The number of nitrogens with one attached hydrogen (secondary N) is 2. The van der Waals surface area contributed by atoms with E-state index in [-0.39, 0.29) is 35.9 Å². The molecule has 190 valence electrons. The number of rotatable bonds is 11. The lowest BCUT2D eigenvalue weighted by Gasteiger charge is -2.38. The monoisotopic (exact) mass is 499 g/mol. The highest BCUT2D eigenvalue weighted by Gasteiger charge is 2.30. The van der Waals surface area contributed by atoms with Gasteiger partial charge >= 0.3 is 0 Å². The minimum absolute atomic E-state index is 0.0846. The van der Waals surface area contributed by atoms with E-state index < -0.39 is 17.6 Å². The van der Waals surface area contributed by atoms with Crippen molar-refractivity contribution in [3.63, 3.8) is 0 Å². The SMILES string of the molecule is CN(C)CC1CCCCN1c1nc(Cl)nc(NNC(=O)[C@H](CC2CCCC2)CN(O)C=O)c1F. The van der Waals surface area contributed by atoms with E-state index >= 15 is 4.39 Å². The van der Waals surface area contributed by atoms with E-state index in [0.717, 1.165) is 51.5 Å². The highest BCUT2D eigenvalue weighted by atomic mass is 35.5. The molecule has 1 aromatic rings. The molecule has 3 rings (SSSR count). The van der Waals surface area contributed by atoms with Crippen LogP contribution in [0, 0.1) is 17.7 Å². The number of anilines is 2. The van der Waals surface area contributed by atoms with Crippen molar-refractivity contribution >= 4 is 35.6 Å². The van der Waals surface area contributed by atoms with Gasteiger partial charge in [0, 0.05) is 19.1 Å². The third-order valence-corrected chi connectivity index (χ3v) is 6.75. The summed E-state index contributed by atoms with van der Waals surface area (Å²) >= 11 is 6.12. The largest absolute Gasteiger partial charge is 0.350 e. The minimum atomic E-state index is -0.695. The fourth-order valence-electron chi connectivity index (χ4n) is 4.98. The van der Waals surface area contributed by atoms with Crippen molar-refractivity contribution in [1.29, 1.82) is 0 Å². The highest BCUT2D eigenvalue weighted by molar-refractivity contribution is 6.28. The smallest absolute Gasteiger partial charge is 0.243 e. The van der Waals surface area contributed by atoms with Gasteiger partial charge in [-0.2, -0.15) is 14.4 Å². The first-order valence-corrected chi connectivity index (χ1v) is 12.3. The van der Waals surface area contributed by atoms with E-state index in [4.69, 9.17) is 11.6 Å². The zero-order valence-corrected chi connectivity index (χ0v) is 20.6. The first-order valence-electron chi connectivity index (χ1n) is 11.9. The molecule has 1 unspecified atom stereocenters. The summed E-state index contributed by atoms with van der Waals surface area (Å²) in [4.78, 5) is 35.8. The van der Waals surface area contributed by atoms with Gasteiger partial charge in [-0.15, -0.1) is 0 Å². The van der Waals surface area contributed by atoms with Crippen LogP contribution in [-0.2, 0) is 9.59 Å². The Hall–Kier alpha value is -2.24. The van der Waals surface area contributed by atoms with Gasteiger partial charge in [0.2, 0.25) is 23.4 Å². The summed E-state index contributed by atoms with van der Waals surface area (Å²) < 4.78 is 15.4. The van der Waals surface area contributed by atoms with Gasteiger partial charge in [0.1, 0.15) is 0 Å².